The van der Waals surface area contributed by atoms with E-state index in [0.29, 0.717) is 55.0 Å². The van der Waals surface area contributed by atoms with Crippen LogP contribution in [0, 0.1) is 21.4 Å². The average Bonchev–Trinajstić information content (AvgIpc) is 2.78. The lowest BCUT2D eigenvalue weighted by atomic mass is 10.1. The molecule has 4 N–H and O–H groups in total. The number of halogens is 10. The van der Waals surface area contributed by atoms with Crippen LogP contribution in [-0.2, 0) is 9.59 Å². The second-order valence-corrected chi connectivity index (χ2v) is 14.5. The van der Waals surface area contributed by atoms with Crippen molar-refractivity contribution in [3.63, 3.8) is 0 Å². The second-order valence-electron chi connectivity index (χ2n) is 6.69. The Kier molecular flexibility index (Phi) is 20.2. The molecule has 41 heavy (non-hydrogen) atoms. The monoisotopic (exact) mass is 1320 g/mol. The number of aliphatic carboxylic acids is 2. The van der Waals surface area contributed by atoms with Gasteiger partial charge in [-0.1, -0.05) is 0 Å². The summed E-state index contributed by atoms with van der Waals surface area (Å²) in [4.78, 5) is 64.5. The highest BCUT2D eigenvalue weighted by Crippen LogP contribution is 2.38. The second kappa shape index (κ2) is 19.7. The van der Waals surface area contributed by atoms with Gasteiger partial charge in [0.05, 0.1) is 47.9 Å². The van der Waals surface area contributed by atoms with Crippen LogP contribution in [0.25, 0.3) is 0 Å². The van der Waals surface area contributed by atoms with Crippen molar-refractivity contribution in [1.82, 2.24) is 0 Å². The van der Waals surface area contributed by atoms with Gasteiger partial charge in [0, 0.05) is 21.2 Å². The Hall–Kier alpha value is 1.20. The average molecular weight is 1320 g/mol. The number of hydrogen-bond acceptors (Lipinski definition) is 8. The molecule has 0 bridgehead atoms. The number of carbonyl (C=O) groups excluding carboxylic acids is 4. The minimum Gasteiger partial charge on any atom is -0.481 e. The summed E-state index contributed by atoms with van der Waals surface area (Å²) < 4.78 is 3.69. The maximum atomic E-state index is 11.4. The van der Waals surface area contributed by atoms with Gasteiger partial charge in [0.1, 0.15) is 6.42 Å². The number of hydrogen-bond donors (Lipinski definition) is 4. The largest absolute Gasteiger partial charge is 0.481 e. The van der Waals surface area contributed by atoms with Crippen molar-refractivity contribution in [2.24, 2.45) is 0 Å². The minimum atomic E-state index is -1.31. The van der Waals surface area contributed by atoms with Gasteiger partial charge in [0.15, 0.2) is 0 Å². The number of nitrogens with one attached hydrogen (secondary N) is 2. The lowest BCUT2D eigenvalue weighted by Gasteiger charge is -2.15. The Morgan fingerprint density at radius 2 is 0.707 bits per heavy atom. The zero-order valence-electron chi connectivity index (χ0n) is 19.8. The van der Waals surface area contributed by atoms with Crippen LogP contribution in [-0.4, -0.2) is 57.2 Å². The number of benzene rings is 2. The molecule has 0 aliphatic heterocycles. The van der Waals surface area contributed by atoms with Gasteiger partial charge in [0.2, 0.25) is 0 Å². The van der Waals surface area contributed by atoms with E-state index in [1.165, 1.54) is 0 Å². The van der Waals surface area contributed by atoms with E-state index in [9.17, 15) is 28.8 Å². The van der Waals surface area contributed by atoms with Gasteiger partial charge in [-0.2, -0.15) is 0 Å². The van der Waals surface area contributed by atoms with Gasteiger partial charge in [0.25, 0.3) is 21.0 Å². The van der Waals surface area contributed by atoms with Crippen LogP contribution in [0.4, 0.5) is 11.4 Å². The number of carbonyl (C=O) groups is 6. The molecule has 10 nitrogen and oxygen atoms in total. The Bertz CT molecular complexity index is 1250. The Morgan fingerprint density at radius 1 is 0.512 bits per heavy atom. The summed E-state index contributed by atoms with van der Waals surface area (Å²) in [5.74, 6) is -2.62. The number of carboxylic acids is 2. The molecular weight excluding hydrogens is 1310 g/mol. The highest BCUT2D eigenvalue weighted by atomic mass is 127. The van der Waals surface area contributed by atoms with E-state index in [-0.39, 0.29) is 0 Å². The summed E-state index contributed by atoms with van der Waals surface area (Å²) in [6.45, 7) is 0. The van der Waals surface area contributed by atoms with Crippen molar-refractivity contribution in [3.05, 3.63) is 43.7 Å². The van der Waals surface area contributed by atoms with Gasteiger partial charge >= 0.3 is 11.9 Å². The zero-order valence-corrected chi connectivity index (χ0v) is 35.8. The fraction of sp³-hybridized carbons (Fsp3) is 0.143. The molecule has 0 radical (unpaired) electrons. The molecule has 0 heterocycles. The first kappa shape index (κ1) is 42.2. The SMILES string of the molecule is CNc1c(I)c(C(=O)Cl)c(I)c(C(=O)Cl)c1I.CNc1c(I)c(C(=O)Cl)c(I)c(C(=O)Cl)c1I.O=C(O)CC(=O)O. The summed E-state index contributed by atoms with van der Waals surface area (Å²) in [6, 6.07) is 0. The van der Waals surface area contributed by atoms with Crippen molar-refractivity contribution in [1.29, 1.82) is 0 Å². The first-order valence-electron chi connectivity index (χ1n) is 9.77. The van der Waals surface area contributed by atoms with Crippen molar-refractivity contribution in [2.75, 3.05) is 24.7 Å². The molecule has 0 atom stereocenters. The van der Waals surface area contributed by atoms with E-state index in [2.05, 4.69) is 10.6 Å². The summed E-state index contributed by atoms with van der Waals surface area (Å²) in [5.41, 5.74) is 2.59. The predicted octanol–water partition coefficient (Wildman–Crippen LogP) is 8.15. The molecular formula is C21H12Cl4I6N2O8. The molecule has 0 spiro atoms. The molecule has 20 heteroatoms. The molecule has 0 aliphatic carbocycles. The normalized spacial score (nSPS) is 9.85. The molecule has 0 aliphatic rings. The van der Waals surface area contributed by atoms with Gasteiger partial charge in [-0.15, -0.1) is 0 Å². The van der Waals surface area contributed by atoms with E-state index in [1.807, 2.05) is 136 Å². The van der Waals surface area contributed by atoms with Gasteiger partial charge < -0.3 is 20.8 Å². The van der Waals surface area contributed by atoms with Crippen LogP contribution in [0.1, 0.15) is 47.9 Å². The standard InChI is InChI=1S/2C9H4Cl2I3NO2.C3H4O4/c2*1-15-7-5(13)2(8(10)16)4(12)3(6(7)14)9(11)17;4-2(5)1-3(6)7/h2*15H,1H3;1H2,(H,4,5)(H,6,7). The van der Waals surface area contributed by atoms with Crippen LogP contribution in [0.5, 0.6) is 0 Å². The lowest BCUT2D eigenvalue weighted by Crippen LogP contribution is -2.11. The Labute approximate surface area is 334 Å². The van der Waals surface area contributed by atoms with E-state index in [0.717, 1.165) is 0 Å². The zero-order chi connectivity index (χ0) is 32.5. The van der Waals surface area contributed by atoms with Crippen LogP contribution in [0.3, 0.4) is 0 Å². The molecule has 0 aromatic heterocycles. The smallest absolute Gasteiger partial charge is 0.314 e. The highest BCUT2D eigenvalue weighted by Gasteiger charge is 2.27. The van der Waals surface area contributed by atoms with Crippen molar-refractivity contribution < 1.29 is 39.0 Å². The molecule has 2 rings (SSSR count). The van der Waals surface area contributed by atoms with Crippen molar-refractivity contribution in [2.45, 2.75) is 6.42 Å². The first-order chi connectivity index (χ1) is 18.8. The molecule has 2 aromatic carbocycles. The summed E-state index contributed by atoms with van der Waals surface area (Å²) in [6.07, 6.45) is -0.806. The number of anilines is 2. The van der Waals surface area contributed by atoms with Crippen LogP contribution >= 0.6 is 182 Å². The number of carboxylic acid groups (broad SMARTS) is 2. The predicted molar refractivity (Wildman–Crippen MR) is 209 cm³/mol. The maximum Gasteiger partial charge on any atom is 0.314 e. The fourth-order valence-corrected chi connectivity index (χ4v) is 14.0. The van der Waals surface area contributed by atoms with E-state index < -0.39 is 39.3 Å². The van der Waals surface area contributed by atoms with Gasteiger partial charge in [-0.25, -0.2) is 0 Å². The minimum absolute atomic E-state index is 0.307. The first-order valence-corrected chi connectivity index (χ1v) is 17.8. The lowest BCUT2D eigenvalue weighted by molar-refractivity contribution is -0.147. The topological polar surface area (TPSA) is 167 Å². The molecule has 0 saturated heterocycles. The summed E-state index contributed by atoms with van der Waals surface area (Å²) in [7, 11) is 3.41. The van der Waals surface area contributed by atoms with Crippen LogP contribution in [0.2, 0.25) is 0 Å². The summed E-state index contributed by atoms with van der Waals surface area (Å²) in [5, 5.41) is 18.9. The van der Waals surface area contributed by atoms with Gasteiger partial charge in [-0.3, -0.25) is 28.8 Å². The quantitative estimate of drug-likeness (QED) is 0.115. The molecule has 0 saturated carbocycles. The third kappa shape index (κ3) is 11.8. The van der Waals surface area contributed by atoms with Crippen molar-refractivity contribution in [3.8, 4) is 0 Å². The maximum absolute atomic E-state index is 11.4. The molecule has 224 valence electrons. The highest BCUT2D eigenvalue weighted by molar-refractivity contribution is 14.1. The fourth-order valence-electron chi connectivity index (χ4n) is 2.59. The summed E-state index contributed by atoms with van der Waals surface area (Å²) >= 11 is 34.0. The van der Waals surface area contributed by atoms with Crippen LogP contribution in [0.15, 0.2) is 0 Å². The Balaban J connectivity index is 0.000000637. The van der Waals surface area contributed by atoms with Crippen LogP contribution < -0.4 is 10.6 Å². The Morgan fingerprint density at radius 3 is 0.805 bits per heavy atom. The molecule has 0 unspecified atom stereocenters. The molecule has 0 fully saturated rings. The molecule has 2 aromatic rings. The molecule has 0 amide bonds. The van der Waals surface area contributed by atoms with E-state index in [4.69, 9.17) is 56.6 Å². The van der Waals surface area contributed by atoms with E-state index >= 15 is 0 Å². The third-order valence-corrected chi connectivity index (χ3v) is 11.5. The number of rotatable bonds is 8. The van der Waals surface area contributed by atoms with Gasteiger partial charge in [-0.05, 0) is 182 Å². The van der Waals surface area contributed by atoms with E-state index in [1.54, 1.807) is 14.1 Å². The van der Waals surface area contributed by atoms with Crippen molar-refractivity contribution >= 4 is 226 Å². The third-order valence-electron chi connectivity index (χ3n) is 4.22.